The number of carboxylic acid groups (broad SMARTS) is 2. The minimum absolute atomic E-state index is 0. The van der Waals surface area contributed by atoms with Crippen molar-refractivity contribution in [2.24, 2.45) is 0 Å². The fraction of sp³-hybridized carbons (Fsp3) is 0.125. The van der Waals surface area contributed by atoms with Crippen molar-refractivity contribution in [3.63, 3.8) is 0 Å². The molecule has 2 N–H and O–H groups in total. The molecule has 0 saturated carbocycles. The minimum atomic E-state index is -0.863. The summed E-state index contributed by atoms with van der Waals surface area (Å²) >= 11 is 11.4. The van der Waals surface area contributed by atoms with E-state index in [-0.39, 0.29) is 32.3 Å². The molecular formula is C16H14Cl2O4Zn. The maximum absolute atomic E-state index is 10.3. The molecule has 118 valence electrons. The SMILES string of the molecule is O=C(O)Cc1ccccc1Cl.O=C(O)Cc1ccccc1Cl.[Zn]. The molecule has 4 nitrogen and oxygen atoms in total. The van der Waals surface area contributed by atoms with Gasteiger partial charge in [-0.1, -0.05) is 59.6 Å². The van der Waals surface area contributed by atoms with Gasteiger partial charge in [-0.2, -0.15) is 0 Å². The topological polar surface area (TPSA) is 74.6 Å². The molecule has 0 saturated heterocycles. The van der Waals surface area contributed by atoms with Gasteiger partial charge in [-0.25, -0.2) is 0 Å². The molecule has 23 heavy (non-hydrogen) atoms. The molecule has 2 aromatic rings. The number of carboxylic acids is 2. The van der Waals surface area contributed by atoms with Crippen molar-refractivity contribution in [2.45, 2.75) is 12.8 Å². The summed E-state index contributed by atoms with van der Waals surface area (Å²) in [4.78, 5) is 20.5. The molecule has 0 heterocycles. The summed E-state index contributed by atoms with van der Waals surface area (Å²) in [6, 6.07) is 13.8. The van der Waals surface area contributed by atoms with Crippen molar-refractivity contribution in [1.29, 1.82) is 0 Å². The summed E-state index contributed by atoms with van der Waals surface area (Å²) in [5, 5.41) is 17.9. The molecule has 0 radical (unpaired) electrons. The Morgan fingerprint density at radius 2 is 1.04 bits per heavy atom. The van der Waals surface area contributed by atoms with Crippen LogP contribution in [0.4, 0.5) is 0 Å². The van der Waals surface area contributed by atoms with Crippen molar-refractivity contribution in [2.75, 3.05) is 0 Å². The van der Waals surface area contributed by atoms with Crippen LogP contribution >= 0.6 is 23.2 Å². The normalized spacial score (nSPS) is 9.13. The molecule has 0 aromatic heterocycles. The number of rotatable bonds is 4. The molecule has 0 spiro atoms. The molecule has 0 aliphatic carbocycles. The van der Waals surface area contributed by atoms with E-state index in [9.17, 15) is 9.59 Å². The summed E-state index contributed by atoms with van der Waals surface area (Å²) in [6.07, 6.45) is -0.0284. The fourth-order valence-electron chi connectivity index (χ4n) is 1.61. The summed E-state index contributed by atoms with van der Waals surface area (Å²) in [5.41, 5.74) is 1.31. The first-order valence-electron chi connectivity index (χ1n) is 6.30. The Kier molecular flexibility index (Phi) is 10.5. The van der Waals surface area contributed by atoms with Crippen LogP contribution in [-0.2, 0) is 41.9 Å². The van der Waals surface area contributed by atoms with Crippen molar-refractivity contribution in [1.82, 2.24) is 0 Å². The van der Waals surface area contributed by atoms with E-state index < -0.39 is 11.9 Å². The van der Waals surface area contributed by atoms with Crippen LogP contribution in [0.15, 0.2) is 48.5 Å². The maximum Gasteiger partial charge on any atom is 0.307 e. The van der Waals surface area contributed by atoms with E-state index >= 15 is 0 Å². The van der Waals surface area contributed by atoms with Crippen LogP contribution in [0.25, 0.3) is 0 Å². The smallest absolute Gasteiger partial charge is 0.307 e. The number of hydrogen-bond acceptors (Lipinski definition) is 2. The van der Waals surface area contributed by atoms with Gasteiger partial charge in [0, 0.05) is 29.5 Å². The molecule has 0 atom stereocenters. The molecule has 2 aromatic carbocycles. The first-order chi connectivity index (χ1) is 10.4. The van der Waals surface area contributed by atoms with Crippen LogP contribution in [0.2, 0.25) is 10.0 Å². The van der Waals surface area contributed by atoms with Gasteiger partial charge in [0.05, 0.1) is 12.8 Å². The van der Waals surface area contributed by atoms with Gasteiger partial charge in [-0.05, 0) is 23.3 Å². The van der Waals surface area contributed by atoms with Crippen molar-refractivity contribution >= 4 is 35.1 Å². The van der Waals surface area contributed by atoms with Crippen molar-refractivity contribution in [3.8, 4) is 0 Å². The molecule has 0 amide bonds. The first kappa shape index (κ1) is 21.6. The van der Waals surface area contributed by atoms with E-state index in [1.165, 1.54) is 0 Å². The Bertz CT molecular complexity index is 605. The third-order valence-electron chi connectivity index (χ3n) is 2.60. The molecule has 0 fully saturated rings. The van der Waals surface area contributed by atoms with Crippen LogP contribution in [-0.4, -0.2) is 22.2 Å². The Hall–Kier alpha value is -1.42. The van der Waals surface area contributed by atoms with E-state index in [1.807, 2.05) is 0 Å². The number of carbonyl (C=O) groups is 2. The summed E-state index contributed by atoms with van der Waals surface area (Å²) in [7, 11) is 0. The molecule has 0 aliphatic heterocycles. The van der Waals surface area contributed by atoms with Crippen LogP contribution in [0, 0.1) is 0 Å². The average Bonchev–Trinajstić information content (AvgIpc) is 2.44. The van der Waals surface area contributed by atoms with Crippen LogP contribution < -0.4 is 0 Å². The second-order valence-corrected chi connectivity index (χ2v) is 5.14. The fourth-order valence-corrected chi connectivity index (χ4v) is 2.01. The van der Waals surface area contributed by atoms with Gasteiger partial charge in [0.15, 0.2) is 0 Å². The minimum Gasteiger partial charge on any atom is -0.481 e. The quantitative estimate of drug-likeness (QED) is 0.755. The molecule has 7 heteroatoms. The Morgan fingerprint density at radius 3 is 1.30 bits per heavy atom. The monoisotopic (exact) mass is 404 g/mol. The predicted octanol–water partition coefficient (Wildman–Crippen LogP) is 3.93. The Balaban J connectivity index is 0.000000403. The second-order valence-electron chi connectivity index (χ2n) is 4.32. The van der Waals surface area contributed by atoms with Crippen molar-refractivity contribution < 1.29 is 39.3 Å². The zero-order chi connectivity index (χ0) is 16.5. The Morgan fingerprint density at radius 1 is 0.739 bits per heavy atom. The van der Waals surface area contributed by atoms with E-state index in [2.05, 4.69) is 0 Å². The van der Waals surface area contributed by atoms with Gasteiger partial charge in [0.1, 0.15) is 0 Å². The number of benzene rings is 2. The molecule has 0 aliphatic rings. The van der Waals surface area contributed by atoms with Crippen LogP contribution in [0.1, 0.15) is 11.1 Å². The van der Waals surface area contributed by atoms with E-state index in [0.29, 0.717) is 21.2 Å². The first-order valence-corrected chi connectivity index (χ1v) is 7.06. The number of aliphatic carboxylic acids is 2. The molecular weight excluding hydrogens is 392 g/mol. The molecule has 2 rings (SSSR count). The van der Waals surface area contributed by atoms with Gasteiger partial charge in [0.25, 0.3) is 0 Å². The standard InChI is InChI=1S/2C8H7ClO2.Zn/c2*9-7-4-2-1-3-6(7)5-8(10)11;/h2*1-4H,5H2,(H,10,11);. The summed E-state index contributed by atoms with van der Waals surface area (Å²) in [5.74, 6) is -1.73. The third kappa shape index (κ3) is 8.70. The van der Waals surface area contributed by atoms with Crippen LogP contribution in [0.3, 0.4) is 0 Å². The van der Waals surface area contributed by atoms with Gasteiger partial charge >= 0.3 is 11.9 Å². The zero-order valence-corrected chi connectivity index (χ0v) is 16.7. The number of hydrogen-bond donors (Lipinski definition) is 2. The number of halogens is 2. The largest absolute Gasteiger partial charge is 0.481 e. The van der Waals surface area contributed by atoms with Gasteiger partial charge < -0.3 is 10.2 Å². The third-order valence-corrected chi connectivity index (χ3v) is 3.34. The van der Waals surface area contributed by atoms with E-state index in [4.69, 9.17) is 33.4 Å². The summed E-state index contributed by atoms with van der Waals surface area (Å²) in [6.45, 7) is 0. The van der Waals surface area contributed by atoms with Gasteiger partial charge in [0.2, 0.25) is 0 Å². The average molecular weight is 407 g/mol. The van der Waals surface area contributed by atoms with Crippen LogP contribution in [0.5, 0.6) is 0 Å². The maximum atomic E-state index is 10.3. The molecule has 0 unspecified atom stereocenters. The van der Waals surface area contributed by atoms with Gasteiger partial charge in [-0.3, -0.25) is 9.59 Å². The van der Waals surface area contributed by atoms with Crippen molar-refractivity contribution in [3.05, 3.63) is 69.7 Å². The van der Waals surface area contributed by atoms with E-state index in [0.717, 1.165) is 0 Å². The van der Waals surface area contributed by atoms with Gasteiger partial charge in [-0.15, -0.1) is 0 Å². The zero-order valence-electron chi connectivity index (χ0n) is 12.2. The molecule has 0 bridgehead atoms. The predicted molar refractivity (Wildman–Crippen MR) is 85.6 cm³/mol. The summed E-state index contributed by atoms with van der Waals surface area (Å²) < 4.78 is 0. The van der Waals surface area contributed by atoms with E-state index in [1.54, 1.807) is 48.5 Å². The second kappa shape index (κ2) is 11.2. The Labute approximate surface area is 156 Å².